The van der Waals surface area contributed by atoms with Crippen LogP contribution in [-0.2, 0) is 22.5 Å². The van der Waals surface area contributed by atoms with E-state index in [1.807, 2.05) is 12.1 Å². The number of β-amino-alcohol motifs (C(OH)–C–C–N with tert-alkyl or cyclic N) is 1. The molecule has 2 aliphatic heterocycles. The highest BCUT2D eigenvalue weighted by atomic mass is 16.5. The molecule has 33 heavy (non-hydrogen) atoms. The third kappa shape index (κ3) is 3.44. The number of fused-ring (bicyclic) bond motifs is 1. The fourth-order valence-corrected chi connectivity index (χ4v) is 4.16. The summed E-state index contributed by atoms with van der Waals surface area (Å²) in [6, 6.07) is 13.6. The van der Waals surface area contributed by atoms with E-state index in [2.05, 4.69) is 20.8 Å². The van der Waals surface area contributed by atoms with Crippen LogP contribution in [0, 0.1) is 0 Å². The predicted molar refractivity (Wildman–Crippen MR) is 115 cm³/mol. The molecule has 3 heterocycles. The maximum atomic E-state index is 12.7. The number of nitrogens with zero attached hydrogens (tertiary/aromatic N) is 3. The minimum atomic E-state index is -1.58. The lowest BCUT2D eigenvalue weighted by atomic mass is 9.91. The zero-order valence-electron chi connectivity index (χ0n) is 18.0. The zero-order chi connectivity index (χ0) is 23.4. The summed E-state index contributed by atoms with van der Waals surface area (Å²) >= 11 is 0. The second kappa shape index (κ2) is 7.24. The quantitative estimate of drug-likeness (QED) is 0.506. The van der Waals surface area contributed by atoms with Gasteiger partial charge in [0.05, 0.1) is 6.54 Å². The molecule has 2 aliphatic rings. The minimum Gasteiger partial charge on any atom is -0.378 e. The van der Waals surface area contributed by atoms with Gasteiger partial charge in [0.2, 0.25) is 5.82 Å². The van der Waals surface area contributed by atoms with Gasteiger partial charge in [0.15, 0.2) is 5.60 Å². The Labute approximate surface area is 188 Å². The van der Waals surface area contributed by atoms with E-state index in [0.29, 0.717) is 23.2 Å². The molecule has 3 aromatic rings. The number of rotatable bonds is 5. The van der Waals surface area contributed by atoms with Gasteiger partial charge in [-0.1, -0.05) is 41.6 Å². The van der Waals surface area contributed by atoms with Crippen molar-refractivity contribution >= 4 is 17.8 Å². The van der Waals surface area contributed by atoms with Crippen molar-refractivity contribution in [3.8, 4) is 11.4 Å². The zero-order valence-corrected chi connectivity index (χ0v) is 18.0. The Kier molecular flexibility index (Phi) is 4.57. The predicted octanol–water partition coefficient (Wildman–Crippen LogP) is 1.65. The minimum absolute atomic E-state index is 0.0214. The van der Waals surface area contributed by atoms with Crippen LogP contribution in [0.3, 0.4) is 0 Å². The van der Waals surface area contributed by atoms with Crippen molar-refractivity contribution in [3.05, 3.63) is 71.1 Å². The Hall–Kier alpha value is -4.05. The van der Waals surface area contributed by atoms with Gasteiger partial charge in [-0.05, 0) is 37.1 Å². The summed E-state index contributed by atoms with van der Waals surface area (Å²) in [7, 11) is 0. The first kappa shape index (κ1) is 20.8. The number of hydrogen-bond acceptors (Lipinski definition) is 7. The number of hydrogen-bond donors (Lipinski definition) is 3. The molecule has 1 fully saturated rings. The molecule has 3 N–H and O–H groups in total. The monoisotopic (exact) mass is 447 g/mol. The van der Waals surface area contributed by atoms with E-state index < -0.39 is 23.1 Å². The number of urea groups is 1. The van der Waals surface area contributed by atoms with E-state index in [9.17, 15) is 19.5 Å². The number of carbonyl (C=O) groups excluding carboxylic acids is 3. The van der Waals surface area contributed by atoms with Crippen LogP contribution in [-0.4, -0.2) is 44.5 Å². The van der Waals surface area contributed by atoms with Crippen LogP contribution in [0.15, 0.2) is 53.1 Å². The highest BCUT2D eigenvalue weighted by Crippen LogP contribution is 2.31. The van der Waals surface area contributed by atoms with Crippen LogP contribution in [0.25, 0.3) is 11.4 Å². The molecule has 0 spiro atoms. The van der Waals surface area contributed by atoms with Crippen LogP contribution < -0.4 is 10.6 Å². The van der Waals surface area contributed by atoms with Gasteiger partial charge in [-0.15, -0.1) is 0 Å². The highest BCUT2D eigenvalue weighted by Gasteiger charge is 2.43. The average molecular weight is 447 g/mol. The van der Waals surface area contributed by atoms with Crippen molar-refractivity contribution in [1.82, 2.24) is 25.7 Å². The third-order valence-corrected chi connectivity index (χ3v) is 6.02. The van der Waals surface area contributed by atoms with E-state index in [1.54, 1.807) is 43.3 Å². The maximum absolute atomic E-state index is 12.7. The smallest absolute Gasteiger partial charge is 0.322 e. The molecule has 10 heteroatoms. The van der Waals surface area contributed by atoms with Crippen molar-refractivity contribution < 1.29 is 24.0 Å². The van der Waals surface area contributed by atoms with Crippen LogP contribution >= 0.6 is 0 Å². The van der Waals surface area contributed by atoms with E-state index in [1.165, 1.54) is 11.8 Å². The molecule has 168 valence electrons. The standard InChI is InChI=1S/C23H21N5O5/c1-22(32,12-28-11-14-6-3-4-9-16(14)18(28)29)20-24-17(27-33-20)13-7-5-8-15(10-13)23(2)19(30)25-21(31)26-23/h3-10,32H,11-12H2,1-2H3,(H2,25,26,30,31). The van der Waals surface area contributed by atoms with Gasteiger partial charge in [0, 0.05) is 17.7 Å². The van der Waals surface area contributed by atoms with Crippen LogP contribution in [0.5, 0.6) is 0 Å². The van der Waals surface area contributed by atoms with Crippen molar-refractivity contribution in [3.63, 3.8) is 0 Å². The number of imide groups is 1. The third-order valence-electron chi connectivity index (χ3n) is 6.02. The summed E-state index contributed by atoms with van der Waals surface area (Å²) in [5.74, 6) is -0.456. The summed E-state index contributed by atoms with van der Waals surface area (Å²) in [5, 5.41) is 19.9. The van der Waals surface area contributed by atoms with E-state index in [-0.39, 0.29) is 24.2 Å². The van der Waals surface area contributed by atoms with Gasteiger partial charge in [-0.25, -0.2) is 4.79 Å². The Morgan fingerprint density at radius 3 is 2.70 bits per heavy atom. The summed E-state index contributed by atoms with van der Waals surface area (Å²) in [4.78, 5) is 42.4. The number of nitrogens with one attached hydrogen (secondary N) is 2. The van der Waals surface area contributed by atoms with Crippen molar-refractivity contribution in [2.45, 2.75) is 31.5 Å². The lowest BCUT2D eigenvalue weighted by Gasteiger charge is -2.25. The summed E-state index contributed by atoms with van der Waals surface area (Å²) < 4.78 is 5.34. The molecule has 1 saturated heterocycles. The Bertz CT molecular complexity index is 1300. The Morgan fingerprint density at radius 2 is 1.97 bits per heavy atom. The molecule has 5 rings (SSSR count). The molecule has 0 aliphatic carbocycles. The van der Waals surface area contributed by atoms with E-state index >= 15 is 0 Å². The molecule has 10 nitrogen and oxygen atoms in total. The molecule has 2 atom stereocenters. The van der Waals surface area contributed by atoms with Gasteiger partial charge in [0.1, 0.15) is 5.54 Å². The lowest BCUT2D eigenvalue weighted by molar-refractivity contribution is -0.123. The number of aliphatic hydroxyl groups is 1. The molecule has 0 radical (unpaired) electrons. The SMILES string of the molecule is CC(O)(CN1Cc2ccccc2C1=O)c1nc(-c2cccc(C3(C)NC(=O)NC3=O)c2)no1. The molecule has 2 unspecified atom stereocenters. The number of carbonyl (C=O) groups is 3. The topological polar surface area (TPSA) is 138 Å². The van der Waals surface area contributed by atoms with Gasteiger partial charge in [-0.2, -0.15) is 4.98 Å². The Morgan fingerprint density at radius 1 is 1.18 bits per heavy atom. The molecule has 1 aromatic heterocycles. The number of amides is 4. The lowest BCUT2D eigenvalue weighted by Crippen LogP contribution is -2.40. The summed E-state index contributed by atoms with van der Waals surface area (Å²) in [6.07, 6.45) is 0. The fourth-order valence-electron chi connectivity index (χ4n) is 4.16. The molecular formula is C23H21N5O5. The largest absolute Gasteiger partial charge is 0.378 e. The molecule has 2 aromatic carbocycles. The number of benzene rings is 2. The van der Waals surface area contributed by atoms with Crippen molar-refractivity contribution in [2.24, 2.45) is 0 Å². The first-order valence-electron chi connectivity index (χ1n) is 10.4. The van der Waals surface area contributed by atoms with Gasteiger partial charge >= 0.3 is 6.03 Å². The van der Waals surface area contributed by atoms with Crippen molar-refractivity contribution in [1.29, 1.82) is 0 Å². The van der Waals surface area contributed by atoms with Crippen molar-refractivity contribution in [2.75, 3.05) is 6.54 Å². The van der Waals surface area contributed by atoms with E-state index in [4.69, 9.17) is 4.52 Å². The molecular weight excluding hydrogens is 426 g/mol. The summed E-state index contributed by atoms with van der Waals surface area (Å²) in [6.45, 7) is 3.48. The first-order chi connectivity index (χ1) is 15.7. The first-order valence-corrected chi connectivity index (χ1v) is 10.4. The van der Waals surface area contributed by atoms with Crippen LogP contribution in [0.4, 0.5) is 4.79 Å². The molecule has 0 saturated carbocycles. The van der Waals surface area contributed by atoms with E-state index in [0.717, 1.165) is 5.56 Å². The second-order valence-electron chi connectivity index (χ2n) is 8.63. The molecule has 4 amide bonds. The highest BCUT2D eigenvalue weighted by molar-refractivity contribution is 6.07. The van der Waals surface area contributed by atoms with Gasteiger partial charge in [0.25, 0.3) is 17.7 Å². The van der Waals surface area contributed by atoms with Crippen LogP contribution in [0.2, 0.25) is 0 Å². The second-order valence-corrected chi connectivity index (χ2v) is 8.63. The number of aromatic nitrogens is 2. The molecule has 0 bridgehead atoms. The normalized spacial score (nSPS) is 21.5. The average Bonchev–Trinajstić information content (AvgIpc) is 3.46. The van der Waals surface area contributed by atoms with Crippen LogP contribution in [0.1, 0.15) is 41.2 Å². The fraction of sp³-hybridized carbons (Fsp3) is 0.261. The maximum Gasteiger partial charge on any atom is 0.322 e. The Balaban J connectivity index is 1.38. The summed E-state index contributed by atoms with van der Waals surface area (Å²) in [5.41, 5.74) is -0.201. The van der Waals surface area contributed by atoms with Gasteiger partial charge in [-0.3, -0.25) is 14.9 Å². The van der Waals surface area contributed by atoms with Gasteiger partial charge < -0.3 is 19.8 Å².